The molecule has 0 unspecified atom stereocenters. The quantitative estimate of drug-likeness (QED) is 0.418. The van der Waals surface area contributed by atoms with Crippen molar-refractivity contribution in [3.63, 3.8) is 0 Å². The lowest BCUT2D eigenvalue weighted by atomic mass is 10.1. The molecule has 0 saturated heterocycles. The van der Waals surface area contributed by atoms with Crippen LogP contribution < -0.4 is 10.6 Å². The Kier molecular flexibility index (Phi) is 6.31. The molecule has 158 valence electrons. The van der Waals surface area contributed by atoms with E-state index in [1.807, 2.05) is 26.0 Å². The van der Waals surface area contributed by atoms with Crippen LogP contribution in [-0.4, -0.2) is 51.8 Å². The minimum absolute atomic E-state index is 0.000176. The summed E-state index contributed by atoms with van der Waals surface area (Å²) in [6.45, 7) is 3.77. The number of aromatic nitrogens is 3. The molecule has 0 atom stereocenters. The van der Waals surface area contributed by atoms with E-state index >= 15 is 0 Å². The molecule has 0 bridgehead atoms. The van der Waals surface area contributed by atoms with Crippen LogP contribution in [0.2, 0.25) is 0 Å². The van der Waals surface area contributed by atoms with Crippen molar-refractivity contribution in [1.82, 2.24) is 25.2 Å². The Morgan fingerprint density at radius 1 is 1.29 bits per heavy atom. The highest BCUT2D eigenvalue weighted by Gasteiger charge is 2.16. The van der Waals surface area contributed by atoms with E-state index in [0.29, 0.717) is 33.8 Å². The fraction of sp³-hybridized carbons (Fsp3) is 0.227. The number of hydrogen-bond acceptors (Lipinski definition) is 6. The molecule has 1 aromatic carbocycles. The van der Waals surface area contributed by atoms with E-state index in [0.717, 1.165) is 0 Å². The smallest absolute Gasteiger partial charge is 0.264 e. The molecule has 0 aliphatic heterocycles. The zero-order chi connectivity index (χ0) is 22.5. The van der Waals surface area contributed by atoms with Gasteiger partial charge in [0.05, 0.1) is 11.8 Å². The summed E-state index contributed by atoms with van der Waals surface area (Å²) in [5.74, 6) is -0.136. The van der Waals surface area contributed by atoms with Gasteiger partial charge in [-0.15, -0.1) is 0 Å². The fourth-order valence-electron chi connectivity index (χ4n) is 2.87. The summed E-state index contributed by atoms with van der Waals surface area (Å²) in [4.78, 5) is 37.6. The second-order valence-electron chi connectivity index (χ2n) is 7.40. The zero-order valence-corrected chi connectivity index (χ0v) is 17.7. The number of hydrogen-bond donors (Lipinski definition) is 3. The second-order valence-corrected chi connectivity index (χ2v) is 7.40. The molecule has 0 spiro atoms. The predicted molar refractivity (Wildman–Crippen MR) is 118 cm³/mol. The number of fused-ring (bicyclic) bond motifs is 1. The Bertz CT molecular complexity index is 1200. The minimum atomic E-state index is -0.364. The van der Waals surface area contributed by atoms with Crippen LogP contribution in [0.25, 0.3) is 17.2 Å². The van der Waals surface area contributed by atoms with E-state index < -0.39 is 0 Å². The van der Waals surface area contributed by atoms with Gasteiger partial charge in [-0.3, -0.25) is 9.59 Å². The lowest BCUT2D eigenvalue weighted by molar-refractivity contribution is -0.124. The van der Waals surface area contributed by atoms with E-state index in [2.05, 4.69) is 25.6 Å². The van der Waals surface area contributed by atoms with Gasteiger partial charge in [-0.1, -0.05) is 12.1 Å². The number of likely N-dealkylation sites (N-methyl/N-ethyl adjacent to an activating group) is 1. The summed E-state index contributed by atoms with van der Waals surface area (Å²) in [6.07, 6.45) is 4.67. The van der Waals surface area contributed by atoms with E-state index in [1.54, 1.807) is 44.7 Å². The molecule has 0 aliphatic rings. The molecule has 0 fully saturated rings. The number of carbonyl (C=O) groups is 2. The van der Waals surface area contributed by atoms with Gasteiger partial charge in [0.15, 0.2) is 5.65 Å². The number of nitrogens with zero attached hydrogens (tertiary/aromatic N) is 4. The number of benzene rings is 1. The van der Waals surface area contributed by atoms with Crippen LogP contribution >= 0.6 is 0 Å². The SMILES string of the molecule is CC(C)NC(=O)c1c[nH]c2ncc(Nc3cccc(C=C(C#N)C(=O)N(C)C)c3)nc12. The number of H-pyrrole nitrogens is 1. The molecule has 3 N–H and O–H groups in total. The molecule has 3 rings (SSSR count). The van der Waals surface area contributed by atoms with Crippen molar-refractivity contribution in [2.24, 2.45) is 0 Å². The van der Waals surface area contributed by atoms with Crippen molar-refractivity contribution in [2.45, 2.75) is 19.9 Å². The molecule has 2 aromatic heterocycles. The molecule has 0 saturated carbocycles. The van der Waals surface area contributed by atoms with Gasteiger partial charge in [0, 0.05) is 32.0 Å². The number of nitriles is 1. The van der Waals surface area contributed by atoms with Gasteiger partial charge in [0.2, 0.25) is 0 Å². The standard InChI is InChI=1S/C22H23N7O2/c1-13(2)26-21(30)17-11-24-20-19(17)28-18(12-25-20)27-16-7-5-6-14(9-16)8-15(10-23)22(31)29(3)4/h5-9,11-13H,1-4H3,(H,24,25)(H,26,30)(H,27,28). The van der Waals surface area contributed by atoms with Crippen molar-refractivity contribution in [3.8, 4) is 6.07 Å². The second kappa shape index (κ2) is 9.09. The van der Waals surface area contributed by atoms with Crippen LogP contribution in [0.3, 0.4) is 0 Å². The average molecular weight is 417 g/mol. The van der Waals surface area contributed by atoms with Gasteiger partial charge in [0.25, 0.3) is 11.8 Å². The van der Waals surface area contributed by atoms with E-state index in [1.165, 1.54) is 11.0 Å². The molecule has 9 nitrogen and oxygen atoms in total. The molecule has 0 aliphatic carbocycles. The van der Waals surface area contributed by atoms with Gasteiger partial charge < -0.3 is 20.5 Å². The lowest BCUT2D eigenvalue weighted by Crippen LogP contribution is -2.29. The van der Waals surface area contributed by atoms with Crippen LogP contribution in [0.5, 0.6) is 0 Å². The maximum atomic E-state index is 12.4. The largest absolute Gasteiger partial charge is 0.350 e. The average Bonchev–Trinajstić information content (AvgIpc) is 3.14. The first-order valence-corrected chi connectivity index (χ1v) is 9.64. The number of carbonyl (C=O) groups excluding carboxylic acids is 2. The minimum Gasteiger partial charge on any atom is -0.350 e. The maximum Gasteiger partial charge on any atom is 0.264 e. The molecule has 9 heteroatoms. The third kappa shape index (κ3) is 5.05. The van der Waals surface area contributed by atoms with Crippen LogP contribution in [0.15, 0.2) is 42.2 Å². The van der Waals surface area contributed by atoms with E-state index in [-0.39, 0.29) is 23.4 Å². The Labute approximate surface area is 179 Å². The Morgan fingerprint density at radius 3 is 2.74 bits per heavy atom. The Balaban J connectivity index is 1.88. The summed E-state index contributed by atoms with van der Waals surface area (Å²) in [5, 5.41) is 15.3. The fourth-order valence-corrected chi connectivity index (χ4v) is 2.87. The topological polar surface area (TPSA) is 127 Å². The van der Waals surface area contributed by atoms with Crippen LogP contribution in [-0.2, 0) is 4.79 Å². The Hall–Kier alpha value is -4.19. The molecule has 2 heterocycles. The summed E-state index contributed by atoms with van der Waals surface area (Å²) >= 11 is 0. The highest BCUT2D eigenvalue weighted by atomic mass is 16.2. The number of aromatic amines is 1. The summed E-state index contributed by atoms with van der Waals surface area (Å²) in [7, 11) is 3.19. The van der Waals surface area contributed by atoms with Crippen LogP contribution in [0, 0.1) is 11.3 Å². The molecular formula is C22H23N7O2. The molecule has 0 radical (unpaired) electrons. The van der Waals surface area contributed by atoms with Crippen molar-refractivity contribution in [3.05, 3.63) is 53.4 Å². The number of amides is 2. The molecule has 3 aromatic rings. The lowest BCUT2D eigenvalue weighted by Gasteiger charge is -2.10. The molecular weight excluding hydrogens is 394 g/mol. The third-order valence-electron chi connectivity index (χ3n) is 4.27. The van der Waals surface area contributed by atoms with Crippen LogP contribution in [0.1, 0.15) is 29.8 Å². The van der Waals surface area contributed by atoms with Crippen molar-refractivity contribution in [1.29, 1.82) is 5.26 Å². The maximum absolute atomic E-state index is 12.4. The third-order valence-corrected chi connectivity index (χ3v) is 4.27. The first-order chi connectivity index (χ1) is 14.8. The predicted octanol–water partition coefficient (Wildman–Crippen LogP) is 2.83. The van der Waals surface area contributed by atoms with Crippen molar-refractivity contribution in [2.75, 3.05) is 19.4 Å². The summed E-state index contributed by atoms with van der Waals surface area (Å²) in [5.41, 5.74) is 2.80. The summed E-state index contributed by atoms with van der Waals surface area (Å²) in [6, 6.07) is 9.14. The first kappa shape index (κ1) is 21.5. The number of anilines is 2. The van der Waals surface area contributed by atoms with Gasteiger partial charge >= 0.3 is 0 Å². The number of rotatable bonds is 6. The van der Waals surface area contributed by atoms with Gasteiger partial charge in [-0.25, -0.2) is 9.97 Å². The highest BCUT2D eigenvalue weighted by Crippen LogP contribution is 2.21. The van der Waals surface area contributed by atoms with Crippen molar-refractivity contribution >= 4 is 40.6 Å². The van der Waals surface area contributed by atoms with Crippen molar-refractivity contribution < 1.29 is 9.59 Å². The monoisotopic (exact) mass is 417 g/mol. The Morgan fingerprint density at radius 2 is 2.06 bits per heavy atom. The van der Waals surface area contributed by atoms with Gasteiger partial charge in [-0.05, 0) is 37.6 Å². The zero-order valence-electron chi connectivity index (χ0n) is 17.7. The van der Waals surface area contributed by atoms with Gasteiger partial charge in [0.1, 0.15) is 23.0 Å². The highest BCUT2D eigenvalue weighted by molar-refractivity contribution is 6.05. The normalized spacial score (nSPS) is 11.3. The summed E-state index contributed by atoms with van der Waals surface area (Å²) < 4.78 is 0. The molecule has 2 amide bonds. The van der Waals surface area contributed by atoms with Gasteiger partial charge in [-0.2, -0.15) is 5.26 Å². The van der Waals surface area contributed by atoms with E-state index in [4.69, 9.17) is 0 Å². The van der Waals surface area contributed by atoms with E-state index in [9.17, 15) is 14.9 Å². The van der Waals surface area contributed by atoms with Crippen LogP contribution in [0.4, 0.5) is 11.5 Å². The molecule has 31 heavy (non-hydrogen) atoms. The first-order valence-electron chi connectivity index (χ1n) is 9.64. The number of nitrogens with one attached hydrogen (secondary N) is 3.